The van der Waals surface area contributed by atoms with Crippen LogP contribution >= 0.6 is 0 Å². The summed E-state index contributed by atoms with van der Waals surface area (Å²) in [6.07, 6.45) is 3.46. The second-order valence-corrected chi connectivity index (χ2v) is 7.84. The van der Waals surface area contributed by atoms with Crippen LogP contribution in [-0.2, 0) is 11.2 Å². The summed E-state index contributed by atoms with van der Waals surface area (Å²) < 4.78 is 17.2. The number of fused-ring (bicyclic) bond motifs is 3. The molecule has 0 bridgehead atoms. The van der Waals surface area contributed by atoms with Gasteiger partial charge < -0.3 is 14.2 Å². The van der Waals surface area contributed by atoms with E-state index in [1.807, 2.05) is 6.07 Å². The van der Waals surface area contributed by atoms with Crippen molar-refractivity contribution in [2.75, 3.05) is 26.8 Å². The van der Waals surface area contributed by atoms with Crippen LogP contribution in [0, 0.1) is 11.3 Å². The van der Waals surface area contributed by atoms with Gasteiger partial charge in [-0.3, -0.25) is 4.90 Å². The monoisotopic (exact) mass is 344 g/mol. The average molecular weight is 344 g/mol. The number of nitrogens with zero attached hydrogens (tertiary/aromatic N) is 2. The van der Waals surface area contributed by atoms with Gasteiger partial charge in [0.05, 0.1) is 18.8 Å². The molecule has 2 unspecified atom stereocenters. The molecule has 1 fully saturated rings. The third kappa shape index (κ3) is 4.08. The second kappa shape index (κ2) is 7.23. The summed E-state index contributed by atoms with van der Waals surface area (Å²) in [5.74, 6) is 1.38. The Balaban J connectivity index is 1.79. The van der Waals surface area contributed by atoms with E-state index < -0.39 is 0 Å². The van der Waals surface area contributed by atoms with E-state index in [9.17, 15) is 0 Å². The Hall–Kier alpha value is -1.77. The molecule has 3 rings (SSSR count). The van der Waals surface area contributed by atoms with E-state index >= 15 is 0 Å². The molecule has 0 aromatic heterocycles. The minimum atomic E-state index is -0.0958. The predicted octanol–water partition coefficient (Wildman–Crippen LogP) is 3.47. The van der Waals surface area contributed by atoms with E-state index in [1.54, 1.807) is 7.11 Å². The van der Waals surface area contributed by atoms with Crippen molar-refractivity contribution >= 4 is 0 Å². The number of benzene rings is 1. The smallest absolute Gasteiger partial charge is 0.174 e. The van der Waals surface area contributed by atoms with Crippen LogP contribution in [0.15, 0.2) is 12.1 Å². The molecule has 0 radical (unpaired) electrons. The van der Waals surface area contributed by atoms with E-state index in [0.29, 0.717) is 23.6 Å². The molecule has 2 aliphatic heterocycles. The number of piperidine rings is 1. The molecule has 136 valence electrons. The van der Waals surface area contributed by atoms with Gasteiger partial charge in [-0.25, -0.2) is 0 Å². The summed E-state index contributed by atoms with van der Waals surface area (Å²) >= 11 is 0. The van der Waals surface area contributed by atoms with Crippen molar-refractivity contribution in [3.8, 4) is 17.6 Å². The molecule has 1 saturated heterocycles. The van der Waals surface area contributed by atoms with Crippen molar-refractivity contribution in [3.05, 3.63) is 23.3 Å². The molecule has 2 heterocycles. The van der Waals surface area contributed by atoms with Crippen LogP contribution in [0.4, 0.5) is 0 Å². The Morgan fingerprint density at radius 2 is 2.04 bits per heavy atom. The number of nitriles is 1. The lowest BCUT2D eigenvalue weighted by molar-refractivity contribution is -0.0971. The Morgan fingerprint density at radius 3 is 2.72 bits per heavy atom. The number of rotatable bonds is 4. The van der Waals surface area contributed by atoms with Crippen molar-refractivity contribution in [3.63, 3.8) is 0 Å². The van der Waals surface area contributed by atoms with Gasteiger partial charge >= 0.3 is 0 Å². The highest BCUT2D eigenvalue weighted by molar-refractivity contribution is 5.49. The Labute approximate surface area is 150 Å². The average Bonchev–Trinajstić information content (AvgIpc) is 2.57. The SMILES string of the molecule is COc1cc2c(cc1OCC#N)CCN1CC(OC(C)(C)C)CCC21. The lowest BCUT2D eigenvalue weighted by Gasteiger charge is -2.44. The van der Waals surface area contributed by atoms with E-state index in [0.717, 1.165) is 32.4 Å². The Kier molecular flexibility index (Phi) is 5.21. The molecule has 5 nitrogen and oxygen atoms in total. The van der Waals surface area contributed by atoms with Crippen molar-refractivity contribution in [1.29, 1.82) is 5.26 Å². The van der Waals surface area contributed by atoms with Gasteiger partial charge in [0.25, 0.3) is 0 Å². The molecule has 25 heavy (non-hydrogen) atoms. The maximum absolute atomic E-state index is 8.75. The summed E-state index contributed by atoms with van der Waals surface area (Å²) in [6.45, 7) is 8.42. The van der Waals surface area contributed by atoms with E-state index in [2.05, 4.69) is 37.8 Å². The van der Waals surface area contributed by atoms with Gasteiger partial charge in [0.15, 0.2) is 18.1 Å². The van der Waals surface area contributed by atoms with Crippen LogP contribution in [0.2, 0.25) is 0 Å². The number of hydrogen-bond donors (Lipinski definition) is 0. The lowest BCUT2D eigenvalue weighted by Crippen LogP contribution is -2.47. The van der Waals surface area contributed by atoms with E-state index in [-0.39, 0.29) is 12.2 Å². The molecule has 5 heteroatoms. The highest BCUT2D eigenvalue weighted by Crippen LogP contribution is 2.42. The molecular formula is C20H28N2O3. The zero-order valence-corrected chi connectivity index (χ0v) is 15.7. The highest BCUT2D eigenvalue weighted by atomic mass is 16.5. The fourth-order valence-electron chi connectivity index (χ4n) is 3.99. The zero-order valence-electron chi connectivity index (χ0n) is 15.7. The fraction of sp³-hybridized carbons (Fsp3) is 0.650. The molecule has 1 aromatic rings. The van der Waals surface area contributed by atoms with Gasteiger partial charge in [-0.1, -0.05) is 0 Å². The van der Waals surface area contributed by atoms with Crippen LogP contribution in [0.5, 0.6) is 11.5 Å². The van der Waals surface area contributed by atoms with Crippen molar-refractivity contribution in [2.24, 2.45) is 0 Å². The van der Waals surface area contributed by atoms with Crippen LogP contribution in [0.25, 0.3) is 0 Å². The molecule has 0 N–H and O–H groups in total. The largest absolute Gasteiger partial charge is 0.493 e. The van der Waals surface area contributed by atoms with Crippen molar-refractivity contribution in [1.82, 2.24) is 4.90 Å². The van der Waals surface area contributed by atoms with Crippen LogP contribution in [0.3, 0.4) is 0 Å². The number of ether oxygens (including phenoxy) is 3. The van der Waals surface area contributed by atoms with Gasteiger partial charge in [0, 0.05) is 19.1 Å². The molecule has 0 aliphatic carbocycles. The first-order valence-electron chi connectivity index (χ1n) is 9.03. The molecule has 0 saturated carbocycles. The van der Waals surface area contributed by atoms with Gasteiger partial charge in [0.1, 0.15) is 6.07 Å². The second-order valence-electron chi connectivity index (χ2n) is 7.84. The van der Waals surface area contributed by atoms with Gasteiger partial charge in [-0.05, 0) is 63.3 Å². The zero-order chi connectivity index (χ0) is 18.0. The Bertz CT molecular complexity index is 660. The normalized spacial score (nSPS) is 23.3. The summed E-state index contributed by atoms with van der Waals surface area (Å²) in [7, 11) is 1.65. The van der Waals surface area contributed by atoms with Gasteiger partial charge in [-0.2, -0.15) is 5.26 Å². The summed E-state index contributed by atoms with van der Waals surface area (Å²) in [6, 6.07) is 6.59. The maximum Gasteiger partial charge on any atom is 0.174 e. The Morgan fingerprint density at radius 1 is 1.24 bits per heavy atom. The molecular weight excluding hydrogens is 316 g/mol. The van der Waals surface area contributed by atoms with Crippen LogP contribution < -0.4 is 9.47 Å². The molecule has 2 atom stereocenters. The third-order valence-corrected chi connectivity index (χ3v) is 4.91. The summed E-state index contributed by atoms with van der Waals surface area (Å²) in [5, 5.41) is 8.75. The number of hydrogen-bond acceptors (Lipinski definition) is 5. The topological polar surface area (TPSA) is 54.7 Å². The molecule has 0 amide bonds. The summed E-state index contributed by atoms with van der Waals surface area (Å²) in [4.78, 5) is 2.54. The first kappa shape index (κ1) is 18.0. The first-order chi connectivity index (χ1) is 11.9. The summed E-state index contributed by atoms with van der Waals surface area (Å²) in [5.41, 5.74) is 2.55. The standard InChI is InChI=1S/C20H28N2O3/c1-20(2,3)25-15-5-6-17-16-12-18(23-4)19(24-10-8-21)11-14(16)7-9-22(17)13-15/h11-12,15,17H,5-7,9-10,13H2,1-4H3. The van der Waals surface area contributed by atoms with Crippen LogP contribution in [-0.4, -0.2) is 43.4 Å². The molecule has 2 aliphatic rings. The highest BCUT2D eigenvalue weighted by Gasteiger charge is 2.35. The van der Waals surface area contributed by atoms with Gasteiger partial charge in [0.2, 0.25) is 0 Å². The predicted molar refractivity (Wildman–Crippen MR) is 96.0 cm³/mol. The van der Waals surface area contributed by atoms with E-state index in [4.69, 9.17) is 19.5 Å². The van der Waals surface area contributed by atoms with Crippen molar-refractivity contribution < 1.29 is 14.2 Å². The minimum absolute atomic E-state index is 0.0382. The third-order valence-electron chi connectivity index (χ3n) is 4.91. The number of methoxy groups -OCH3 is 1. The molecule has 0 spiro atoms. The first-order valence-corrected chi connectivity index (χ1v) is 9.03. The molecule has 1 aromatic carbocycles. The van der Waals surface area contributed by atoms with Crippen molar-refractivity contribution in [2.45, 2.75) is 57.8 Å². The quantitative estimate of drug-likeness (QED) is 0.837. The lowest BCUT2D eigenvalue weighted by atomic mass is 9.85. The fourth-order valence-corrected chi connectivity index (χ4v) is 3.99. The van der Waals surface area contributed by atoms with Crippen LogP contribution in [0.1, 0.15) is 50.8 Å². The minimum Gasteiger partial charge on any atom is -0.493 e. The van der Waals surface area contributed by atoms with E-state index in [1.165, 1.54) is 11.1 Å². The van der Waals surface area contributed by atoms with Gasteiger partial charge in [-0.15, -0.1) is 0 Å². The maximum atomic E-state index is 8.75.